The van der Waals surface area contributed by atoms with E-state index in [-0.39, 0.29) is 17.9 Å². The van der Waals surface area contributed by atoms with Crippen molar-refractivity contribution in [1.29, 1.82) is 0 Å². The van der Waals surface area contributed by atoms with Gasteiger partial charge >= 0.3 is 0 Å². The molecule has 1 saturated heterocycles. The summed E-state index contributed by atoms with van der Waals surface area (Å²) in [6.45, 7) is 3.21. The van der Waals surface area contributed by atoms with Crippen LogP contribution in [0.3, 0.4) is 0 Å². The van der Waals surface area contributed by atoms with E-state index >= 15 is 0 Å². The van der Waals surface area contributed by atoms with Gasteiger partial charge in [-0.15, -0.1) is 0 Å². The van der Waals surface area contributed by atoms with E-state index < -0.39 is 5.60 Å². The number of carbonyl (C=O) groups excluding carboxylic acids is 1. The van der Waals surface area contributed by atoms with E-state index in [1.807, 2.05) is 53.4 Å². The third kappa shape index (κ3) is 3.86. The maximum absolute atomic E-state index is 14.2. The maximum atomic E-state index is 14.2. The molecule has 1 unspecified atom stereocenters. The topological polar surface area (TPSA) is 96.4 Å². The average molecular weight is 486 g/mol. The van der Waals surface area contributed by atoms with Crippen LogP contribution in [0, 0.1) is 5.92 Å². The van der Waals surface area contributed by atoms with Gasteiger partial charge in [-0.2, -0.15) is 0 Å². The molecule has 0 radical (unpaired) electrons. The first-order valence-corrected chi connectivity index (χ1v) is 13.3. The Bertz CT molecular complexity index is 1260. The SMILES string of the molecule is NCc1cccc(-c2nc(C(=O)N3CCC(O)(c4ccccc4)[C@H]4CCCC[C@H]43)n3c2CNCC3)c1. The summed E-state index contributed by atoms with van der Waals surface area (Å²) >= 11 is 0. The summed E-state index contributed by atoms with van der Waals surface area (Å²) in [4.78, 5) is 21.2. The number of amides is 1. The minimum absolute atomic E-state index is 0.00797. The zero-order valence-corrected chi connectivity index (χ0v) is 20.7. The van der Waals surface area contributed by atoms with Crippen molar-refractivity contribution in [2.75, 3.05) is 13.1 Å². The predicted molar refractivity (Wildman–Crippen MR) is 139 cm³/mol. The molecule has 1 aromatic heterocycles. The number of rotatable bonds is 4. The molecule has 2 aromatic carbocycles. The number of piperidine rings is 1. The first kappa shape index (κ1) is 23.4. The van der Waals surface area contributed by atoms with Crippen molar-refractivity contribution in [3.63, 3.8) is 0 Å². The highest BCUT2D eigenvalue weighted by Gasteiger charge is 2.51. The molecule has 1 saturated carbocycles. The number of aromatic nitrogens is 2. The van der Waals surface area contributed by atoms with Gasteiger partial charge in [0.2, 0.25) is 0 Å². The van der Waals surface area contributed by atoms with Crippen molar-refractivity contribution in [2.45, 2.75) is 63.4 Å². The normalized spacial score (nSPS) is 25.8. The number of benzene rings is 2. The van der Waals surface area contributed by atoms with Crippen LogP contribution in [0.1, 0.15) is 59.5 Å². The van der Waals surface area contributed by atoms with Crippen LogP contribution < -0.4 is 11.1 Å². The highest BCUT2D eigenvalue weighted by atomic mass is 16.3. The van der Waals surface area contributed by atoms with Gasteiger partial charge in [-0.1, -0.05) is 61.4 Å². The maximum Gasteiger partial charge on any atom is 0.290 e. The Labute approximate surface area is 212 Å². The quantitative estimate of drug-likeness (QED) is 0.526. The second kappa shape index (κ2) is 9.47. The second-order valence-corrected chi connectivity index (χ2v) is 10.5. The highest BCUT2D eigenvalue weighted by molar-refractivity contribution is 5.92. The Morgan fingerprint density at radius 2 is 1.94 bits per heavy atom. The Hall–Kier alpha value is -3.00. The van der Waals surface area contributed by atoms with Crippen molar-refractivity contribution in [1.82, 2.24) is 19.8 Å². The smallest absolute Gasteiger partial charge is 0.290 e. The summed E-state index contributed by atoms with van der Waals surface area (Å²) in [7, 11) is 0. The molecule has 4 N–H and O–H groups in total. The molecule has 188 valence electrons. The Morgan fingerprint density at radius 3 is 2.78 bits per heavy atom. The molecule has 0 bridgehead atoms. The molecule has 3 atom stereocenters. The Kier molecular flexibility index (Phi) is 6.15. The van der Waals surface area contributed by atoms with Crippen LogP contribution in [0.15, 0.2) is 54.6 Å². The van der Waals surface area contributed by atoms with Crippen molar-refractivity contribution in [2.24, 2.45) is 11.7 Å². The summed E-state index contributed by atoms with van der Waals surface area (Å²) in [5, 5.41) is 15.4. The fraction of sp³-hybridized carbons (Fsp3) is 0.448. The second-order valence-electron chi connectivity index (χ2n) is 10.5. The summed E-state index contributed by atoms with van der Waals surface area (Å²) in [6, 6.07) is 18.2. The van der Waals surface area contributed by atoms with Gasteiger partial charge in [-0.25, -0.2) is 4.98 Å². The monoisotopic (exact) mass is 485 g/mol. The summed E-state index contributed by atoms with van der Waals surface area (Å²) < 4.78 is 2.11. The van der Waals surface area contributed by atoms with Crippen molar-refractivity contribution < 1.29 is 9.90 Å². The van der Waals surface area contributed by atoms with Gasteiger partial charge in [0.05, 0.1) is 17.0 Å². The molecule has 2 aliphatic heterocycles. The molecule has 36 heavy (non-hydrogen) atoms. The van der Waals surface area contributed by atoms with E-state index in [2.05, 4.69) is 16.0 Å². The summed E-state index contributed by atoms with van der Waals surface area (Å²) in [5.74, 6) is 0.546. The zero-order chi connectivity index (χ0) is 24.7. The number of hydrogen-bond acceptors (Lipinski definition) is 5. The Morgan fingerprint density at radius 1 is 1.11 bits per heavy atom. The number of imidazole rings is 1. The van der Waals surface area contributed by atoms with E-state index in [1.54, 1.807) is 0 Å². The van der Waals surface area contributed by atoms with Crippen LogP contribution in [0.2, 0.25) is 0 Å². The fourth-order valence-corrected chi connectivity index (χ4v) is 6.69. The number of nitrogens with one attached hydrogen (secondary N) is 1. The number of fused-ring (bicyclic) bond motifs is 2. The Balaban J connectivity index is 1.36. The lowest BCUT2D eigenvalue weighted by atomic mass is 9.66. The van der Waals surface area contributed by atoms with Crippen molar-refractivity contribution in [3.05, 3.63) is 77.2 Å². The van der Waals surface area contributed by atoms with E-state index in [9.17, 15) is 9.90 Å². The van der Waals surface area contributed by atoms with Gasteiger partial charge in [-0.3, -0.25) is 4.79 Å². The molecule has 1 aliphatic carbocycles. The van der Waals surface area contributed by atoms with Crippen molar-refractivity contribution >= 4 is 5.91 Å². The van der Waals surface area contributed by atoms with Gasteiger partial charge in [0.25, 0.3) is 5.91 Å². The third-order valence-corrected chi connectivity index (χ3v) is 8.52. The first-order chi connectivity index (χ1) is 17.6. The van der Waals surface area contributed by atoms with Gasteiger partial charge in [0.1, 0.15) is 0 Å². The summed E-state index contributed by atoms with van der Waals surface area (Å²) in [6.07, 6.45) is 4.57. The number of nitrogens with two attached hydrogens (primary N) is 1. The van der Waals surface area contributed by atoms with Crippen LogP contribution in [0.25, 0.3) is 11.3 Å². The van der Waals surface area contributed by atoms with Gasteiger partial charge in [0, 0.05) is 50.2 Å². The molecule has 3 heterocycles. The lowest BCUT2D eigenvalue weighted by Gasteiger charge is -2.52. The molecule has 3 aliphatic rings. The number of carbonyl (C=O) groups is 1. The number of hydrogen-bond donors (Lipinski definition) is 3. The van der Waals surface area contributed by atoms with Crippen LogP contribution in [0.4, 0.5) is 0 Å². The fourth-order valence-electron chi connectivity index (χ4n) is 6.69. The lowest BCUT2D eigenvalue weighted by molar-refractivity contribution is -0.110. The molecular formula is C29H35N5O2. The van der Waals surface area contributed by atoms with Crippen LogP contribution in [0.5, 0.6) is 0 Å². The minimum atomic E-state index is -0.896. The molecule has 6 rings (SSSR count). The molecular weight excluding hydrogens is 450 g/mol. The standard InChI is InChI=1S/C29H35N5O2/c30-18-20-7-6-8-21(17-20)26-25-19-31-14-16-33(25)27(32-26)28(35)34-15-13-29(36,22-9-2-1-3-10-22)23-11-4-5-12-24(23)34/h1-3,6-10,17,23-24,31,36H,4-5,11-16,18-19,30H2/t23-,24+,29?/m0/s1. The number of aliphatic hydroxyl groups is 1. The average Bonchev–Trinajstić information content (AvgIpc) is 3.33. The van der Waals surface area contributed by atoms with Crippen LogP contribution in [-0.2, 0) is 25.2 Å². The first-order valence-electron chi connectivity index (χ1n) is 13.3. The summed E-state index contributed by atoms with van der Waals surface area (Å²) in [5.41, 5.74) is 9.93. The zero-order valence-electron chi connectivity index (χ0n) is 20.7. The molecule has 7 nitrogen and oxygen atoms in total. The van der Waals surface area contributed by atoms with E-state index in [1.165, 1.54) is 0 Å². The molecule has 7 heteroatoms. The van der Waals surface area contributed by atoms with E-state index in [0.717, 1.165) is 66.9 Å². The molecule has 1 amide bonds. The molecule has 3 aromatic rings. The van der Waals surface area contributed by atoms with Gasteiger partial charge in [-0.05, 0) is 36.5 Å². The molecule has 2 fully saturated rings. The third-order valence-electron chi connectivity index (χ3n) is 8.52. The predicted octanol–water partition coefficient (Wildman–Crippen LogP) is 3.40. The number of likely N-dealkylation sites (tertiary alicyclic amines) is 1. The van der Waals surface area contributed by atoms with E-state index in [4.69, 9.17) is 10.7 Å². The molecule has 0 spiro atoms. The highest BCUT2D eigenvalue weighted by Crippen LogP contribution is 2.47. The minimum Gasteiger partial charge on any atom is -0.385 e. The van der Waals surface area contributed by atoms with Crippen LogP contribution in [-0.4, -0.2) is 44.6 Å². The lowest BCUT2D eigenvalue weighted by Crippen LogP contribution is -2.59. The van der Waals surface area contributed by atoms with Crippen LogP contribution >= 0.6 is 0 Å². The largest absolute Gasteiger partial charge is 0.385 e. The van der Waals surface area contributed by atoms with Crippen molar-refractivity contribution in [3.8, 4) is 11.3 Å². The van der Waals surface area contributed by atoms with Gasteiger partial charge < -0.3 is 25.6 Å². The van der Waals surface area contributed by atoms with Gasteiger partial charge in [0.15, 0.2) is 5.82 Å². The van der Waals surface area contributed by atoms with E-state index in [0.29, 0.717) is 31.9 Å². The number of nitrogens with zero attached hydrogens (tertiary/aromatic N) is 3.